The first-order valence-electron chi connectivity index (χ1n) is 12.6. The number of amides is 1. The number of hydrogen-bond acceptors (Lipinski definition) is 8. The van der Waals surface area contributed by atoms with E-state index < -0.39 is 22.6 Å². The Hall–Kier alpha value is -5.23. The number of thiol groups is 1. The van der Waals surface area contributed by atoms with Crippen molar-refractivity contribution in [3.05, 3.63) is 102 Å². The zero-order chi connectivity index (χ0) is 29.8. The second-order valence-electron chi connectivity index (χ2n) is 9.13. The molecule has 1 heterocycles. The second kappa shape index (κ2) is 12.1. The molecule has 42 heavy (non-hydrogen) atoms. The first-order chi connectivity index (χ1) is 20.2. The summed E-state index contributed by atoms with van der Waals surface area (Å²) in [6.45, 7) is 1.56. The molecule has 4 aromatic carbocycles. The minimum atomic E-state index is -3.28. The Bertz CT molecular complexity index is 1850. The number of rotatable bonds is 9. The summed E-state index contributed by atoms with van der Waals surface area (Å²) in [5.41, 5.74) is 2.64. The summed E-state index contributed by atoms with van der Waals surface area (Å²) in [7, 11) is -0.238. The third-order valence-electron chi connectivity index (χ3n) is 6.30. The summed E-state index contributed by atoms with van der Waals surface area (Å²) in [5, 5.41) is 5.89. The highest BCUT2D eigenvalue weighted by Gasteiger charge is 2.22. The van der Waals surface area contributed by atoms with Gasteiger partial charge in [-0.25, -0.2) is 27.1 Å². The number of methoxy groups -OCH3 is 2. The van der Waals surface area contributed by atoms with Crippen LogP contribution < -0.4 is 24.4 Å². The number of carbonyl (C=O) groups excluding carboxylic acids is 1. The van der Waals surface area contributed by atoms with E-state index >= 15 is 0 Å². The van der Waals surface area contributed by atoms with E-state index in [1.165, 1.54) is 38.5 Å². The SMILES string of the molecule is COc1cc(Nc2nc3ccccc3nc2N(c2cccc(NC(=O)c3ccc(F)c(C)c3)c2)[SH](=O)=O)cc(OC)c1. The quantitative estimate of drug-likeness (QED) is 0.186. The van der Waals surface area contributed by atoms with Crippen molar-refractivity contribution in [2.24, 2.45) is 0 Å². The number of halogens is 1. The van der Waals surface area contributed by atoms with Gasteiger partial charge in [0.05, 0.1) is 30.9 Å². The van der Waals surface area contributed by atoms with Gasteiger partial charge >= 0.3 is 0 Å². The Morgan fingerprint density at radius 1 is 0.833 bits per heavy atom. The van der Waals surface area contributed by atoms with Crippen LogP contribution in [0.3, 0.4) is 0 Å². The van der Waals surface area contributed by atoms with E-state index in [4.69, 9.17) is 9.47 Å². The maximum absolute atomic E-state index is 13.7. The van der Waals surface area contributed by atoms with Crippen LogP contribution in [0.4, 0.5) is 33.1 Å². The predicted molar refractivity (Wildman–Crippen MR) is 160 cm³/mol. The summed E-state index contributed by atoms with van der Waals surface area (Å²) in [6, 6.07) is 22.5. The van der Waals surface area contributed by atoms with Gasteiger partial charge in [0, 0.05) is 35.1 Å². The first kappa shape index (κ1) is 28.3. The summed E-state index contributed by atoms with van der Waals surface area (Å²) < 4.78 is 51.0. The van der Waals surface area contributed by atoms with Crippen LogP contribution in [0.25, 0.3) is 11.0 Å². The molecule has 0 aliphatic rings. The molecule has 0 radical (unpaired) electrons. The number of nitrogens with one attached hydrogen (secondary N) is 2. The molecule has 0 aliphatic carbocycles. The van der Waals surface area contributed by atoms with Crippen molar-refractivity contribution >= 4 is 56.5 Å². The topological polar surface area (TPSA) is 123 Å². The molecule has 10 nitrogen and oxygen atoms in total. The summed E-state index contributed by atoms with van der Waals surface area (Å²) >= 11 is 0. The molecule has 0 saturated carbocycles. The molecule has 2 N–H and O–H groups in total. The molecule has 5 rings (SSSR count). The van der Waals surface area contributed by atoms with Gasteiger partial charge in [0.15, 0.2) is 11.6 Å². The van der Waals surface area contributed by atoms with E-state index in [-0.39, 0.29) is 22.9 Å². The van der Waals surface area contributed by atoms with Crippen LogP contribution in [0.15, 0.2) is 84.9 Å². The third-order valence-corrected chi connectivity index (χ3v) is 7.05. The number of para-hydroxylation sites is 2. The molecule has 0 unspecified atom stereocenters. The molecule has 0 aliphatic heterocycles. The van der Waals surface area contributed by atoms with Gasteiger partial charge in [-0.15, -0.1) is 0 Å². The number of anilines is 5. The van der Waals surface area contributed by atoms with Gasteiger partial charge in [0.25, 0.3) is 5.91 Å². The van der Waals surface area contributed by atoms with Gasteiger partial charge in [-0.3, -0.25) is 4.79 Å². The van der Waals surface area contributed by atoms with E-state index in [0.717, 1.165) is 4.31 Å². The van der Waals surface area contributed by atoms with E-state index in [1.807, 2.05) is 0 Å². The fraction of sp³-hybridized carbons (Fsp3) is 0.100. The average Bonchev–Trinajstić information content (AvgIpc) is 2.98. The second-order valence-corrected chi connectivity index (χ2v) is 10.0. The van der Waals surface area contributed by atoms with Crippen molar-refractivity contribution in [2.75, 3.05) is 29.2 Å². The molecule has 5 aromatic rings. The molecule has 0 fully saturated rings. The highest BCUT2D eigenvalue weighted by Crippen LogP contribution is 2.36. The molecule has 12 heteroatoms. The summed E-state index contributed by atoms with van der Waals surface area (Å²) in [5.74, 6) is 0.283. The lowest BCUT2D eigenvalue weighted by Gasteiger charge is -2.21. The molecule has 1 aromatic heterocycles. The molecule has 214 valence electrons. The van der Waals surface area contributed by atoms with Crippen molar-refractivity contribution in [3.8, 4) is 11.5 Å². The maximum atomic E-state index is 13.7. The van der Waals surface area contributed by atoms with Crippen molar-refractivity contribution in [1.82, 2.24) is 9.97 Å². The van der Waals surface area contributed by atoms with Crippen molar-refractivity contribution in [2.45, 2.75) is 6.92 Å². The van der Waals surface area contributed by atoms with Gasteiger partial charge in [0.2, 0.25) is 10.9 Å². The zero-order valence-corrected chi connectivity index (χ0v) is 23.7. The van der Waals surface area contributed by atoms with Crippen LogP contribution >= 0.6 is 0 Å². The normalized spacial score (nSPS) is 10.9. The number of nitrogens with zero attached hydrogens (tertiary/aromatic N) is 3. The molecule has 1 amide bonds. The number of aromatic nitrogens is 2. The molecular formula is C30H26FN5O5S. The van der Waals surface area contributed by atoms with Gasteiger partial charge in [0.1, 0.15) is 17.3 Å². The molecule has 0 saturated heterocycles. The van der Waals surface area contributed by atoms with Crippen LogP contribution in [0.2, 0.25) is 0 Å². The van der Waals surface area contributed by atoms with Gasteiger partial charge in [-0.05, 0) is 61.0 Å². The fourth-order valence-electron chi connectivity index (χ4n) is 4.24. The lowest BCUT2D eigenvalue weighted by molar-refractivity contribution is 0.102. The van der Waals surface area contributed by atoms with Crippen LogP contribution in [-0.2, 0) is 10.9 Å². The molecule has 0 atom stereocenters. The Kier molecular flexibility index (Phi) is 8.16. The number of hydrogen-bond donors (Lipinski definition) is 3. The number of aryl methyl sites for hydroxylation is 1. The zero-order valence-electron chi connectivity index (χ0n) is 22.8. The Morgan fingerprint density at radius 3 is 2.17 bits per heavy atom. The van der Waals surface area contributed by atoms with Gasteiger partial charge in [-0.2, -0.15) is 0 Å². The molecular weight excluding hydrogens is 561 g/mol. The highest BCUT2D eigenvalue weighted by atomic mass is 32.2. The smallest absolute Gasteiger partial charge is 0.255 e. The third kappa shape index (κ3) is 6.08. The van der Waals surface area contributed by atoms with E-state index in [2.05, 4.69) is 20.6 Å². The van der Waals surface area contributed by atoms with E-state index in [9.17, 15) is 17.6 Å². The first-order valence-corrected chi connectivity index (χ1v) is 13.8. The van der Waals surface area contributed by atoms with E-state index in [1.54, 1.807) is 67.6 Å². The van der Waals surface area contributed by atoms with Crippen molar-refractivity contribution in [3.63, 3.8) is 0 Å². The minimum Gasteiger partial charge on any atom is -0.497 e. The van der Waals surface area contributed by atoms with Crippen molar-refractivity contribution < 1.29 is 27.1 Å². The van der Waals surface area contributed by atoms with Crippen LogP contribution in [-0.4, -0.2) is 38.5 Å². The highest BCUT2D eigenvalue weighted by molar-refractivity contribution is 7.74. The largest absolute Gasteiger partial charge is 0.497 e. The fourth-order valence-corrected chi connectivity index (χ4v) is 4.84. The number of ether oxygens (including phenoxy) is 2. The van der Waals surface area contributed by atoms with E-state index in [0.29, 0.717) is 39.5 Å². The summed E-state index contributed by atoms with van der Waals surface area (Å²) in [4.78, 5) is 22.2. The summed E-state index contributed by atoms with van der Waals surface area (Å²) in [6.07, 6.45) is 0. The van der Waals surface area contributed by atoms with Gasteiger partial charge < -0.3 is 20.1 Å². The van der Waals surface area contributed by atoms with Crippen molar-refractivity contribution in [1.29, 1.82) is 0 Å². The Labute approximate surface area is 242 Å². The minimum absolute atomic E-state index is 0.00392. The number of carbonyl (C=O) groups is 1. The monoisotopic (exact) mass is 587 g/mol. The number of benzene rings is 4. The predicted octanol–water partition coefficient (Wildman–Crippen LogP) is 5.75. The lowest BCUT2D eigenvalue weighted by Crippen LogP contribution is -2.19. The lowest BCUT2D eigenvalue weighted by atomic mass is 10.1. The Morgan fingerprint density at radius 2 is 1.52 bits per heavy atom. The average molecular weight is 588 g/mol. The van der Waals surface area contributed by atoms with Crippen LogP contribution in [0.5, 0.6) is 11.5 Å². The van der Waals surface area contributed by atoms with Gasteiger partial charge in [-0.1, -0.05) is 18.2 Å². The standard InChI is InChI=1S/C30H26FN5O5S/c1-18-13-19(11-12-25(18)31)30(37)33-20-7-6-8-22(14-20)36(42(38)39)29-28(34-26-9-4-5-10-27(26)35-29)32-21-15-23(40-2)17-24(16-21)41-3/h4-17,42H,1-3H3,(H,32,34)(H,33,37). The maximum Gasteiger partial charge on any atom is 0.255 e. The molecule has 0 bridgehead atoms. The van der Waals surface area contributed by atoms with Crippen LogP contribution in [0.1, 0.15) is 15.9 Å². The number of fused-ring (bicyclic) bond motifs is 1. The Balaban J connectivity index is 1.56. The molecule has 0 spiro atoms. The van der Waals surface area contributed by atoms with Crippen LogP contribution in [0, 0.1) is 12.7 Å².